The molecule has 7 nitrogen and oxygen atoms in total. The second-order valence-electron chi connectivity index (χ2n) is 4.71. The standard InChI is InChI=1S/C14H13FN2O5S/c1-22-11-6-9(15)5-10(7-11)16-13-4-3-12(23(2,20)21)8-14(13)17(18)19/h3-8,16H,1-2H3. The Balaban J connectivity index is 2.48. The largest absolute Gasteiger partial charge is 0.497 e. The molecule has 2 aromatic rings. The van der Waals surface area contributed by atoms with Crippen molar-refractivity contribution >= 4 is 26.9 Å². The molecular formula is C14H13FN2O5S. The number of rotatable bonds is 5. The number of nitro benzene ring substituents is 1. The van der Waals surface area contributed by atoms with Crippen molar-refractivity contribution in [3.05, 3.63) is 52.3 Å². The van der Waals surface area contributed by atoms with Crippen LogP contribution in [0.3, 0.4) is 0 Å². The van der Waals surface area contributed by atoms with E-state index in [-0.39, 0.29) is 22.0 Å². The molecule has 1 N–H and O–H groups in total. The number of halogens is 1. The van der Waals surface area contributed by atoms with Crippen molar-refractivity contribution in [2.45, 2.75) is 4.90 Å². The summed E-state index contributed by atoms with van der Waals surface area (Å²) in [4.78, 5) is 10.3. The molecular weight excluding hydrogens is 327 g/mol. The zero-order valence-corrected chi connectivity index (χ0v) is 13.1. The minimum atomic E-state index is -3.58. The summed E-state index contributed by atoms with van der Waals surface area (Å²) in [5, 5.41) is 13.8. The number of nitrogens with zero attached hydrogens (tertiary/aromatic N) is 1. The first-order valence-electron chi connectivity index (χ1n) is 6.31. The lowest BCUT2D eigenvalue weighted by Gasteiger charge is -2.10. The molecule has 0 aliphatic heterocycles. The first-order valence-corrected chi connectivity index (χ1v) is 8.20. The van der Waals surface area contributed by atoms with E-state index in [9.17, 15) is 22.9 Å². The molecule has 0 heterocycles. The van der Waals surface area contributed by atoms with Gasteiger partial charge in [0, 0.05) is 30.1 Å². The van der Waals surface area contributed by atoms with Crippen molar-refractivity contribution in [2.75, 3.05) is 18.7 Å². The third kappa shape index (κ3) is 3.95. The Morgan fingerprint density at radius 2 is 1.91 bits per heavy atom. The molecule has 0 radical (unpaired) electrons. The van der Waals surface area contributed by atoms with E-state index in [0.717, 1.165) is 24.5 Å². The molecule has 0 atom stereocenters. The molecule has 9 heteroatoms. The fourth-order valence-electron chi connectivity index (χ4n) is 1.91. The molecule has 0 aromatic heterocycles. The van der Waals surface area contributed by atoms with Crippen molar-refractivity contribution in [1.82, 2.24) is 0 Å². The molecule has 23 heavy (non-hydrogen) atoms. The molecule has 2 rings (SSSR count). The normalized spacial score (nSPS) is 11.1. The summed E-state index contributed by atoms with van der Waals surface area (Å²) in [6.45, 7) is 0. The minimum Gasteiger partial charge on any atom is -0.497 e. The van der Waals surface area contributed by atoms with Crippen molar-refractivity contribution < 1.29 is 22.5 Å². The maximum atomic E-state index is 13.5. The number of sulfone groups is 1. The summed E-state index contributed by atoms with van der Waals surface area (Å²) in [5.74, 6) is -0.342. The zero-order chi connectivity index (χ0) is 17.2. The van der Waals surface area contributed by atoms with E-state index >= 15 is 0 Å². The highest BCUT2D eigenvalue weighted by atomic mass is 32.2. The van der Waals surface area contributed by atoms with E-state index < -0.39 is 26.3 Å². The van der Waals surface area contributed by atoms with Gasteiger partial charge < -0.3 is 10.1 Å². The molecule has 0 saturated heterocycles. The van der Waals surface area contributed by atoms with Gasteiger partial charge >= 0.3 is 0 Å². The van der Waals surface area contributed by atoms with Crippen molar-refractivity contribution in [2.24, 2.45) is 0 Å². The van der Waals surface area contributed by atoms with Crippen LogP contribution in [-0.4, -0.2) is 26.7 Å². The first kappa shape index (κ1) is 16.7. The van der Waals surface area contributed by atoms with Gasteiger partial charge in [-0.2, -0.15) is 0 Å². The Morgan fingerprint density at radius 1 is 1.22 bits per heavy atom. The van der Waals surface area contributed by atoms with Gasteiger partial charge in [-0.3, -0.25) is 10.1 Å². The molecule has 0 aliphatic carbocycles. The quantitative estimate of drug-likeness (QED) is 0.664. The summed E-state index contributed by atoms with van der Waals surface area (Å²) in [7, 11) is -2.22. The minimum absolute atomic E-state index is 0.0371. The van der Waals surface area contributed by atoms with Gasteiger partial charge in [0.15, 0.2) is 9.84 Å². The van der Waals surface area contributed by atoms with Crippen LogP contribution in [0.15, 0.2) is 41.3 Å². The van der Waals surface area contributed by atoms with Crippen LogP contribution in [-0.2, 0) is 9.84 Å². The molecule has 0 fully saturated rings. The maximum absolute atomic E-state index is 13.5. The SMILES string of the molecule is COc1cc(F)cc(Nc2ccc(S(C)(=O)=O)cc2[N+](=O)[O-])c1. The number of benzene rings is 2. The number of hydrogen-bond acceptors (Lipinski definition) is 6. The van der Waals surface area contributed by atoms with Gasteiger partial charge in [-0.1, -0.05) is 0 Å². The third-order valence-corrected chi connectivity index (χ3v) is 4.09. The number of nitro groups is 1. The highest BCUT2D eigenvalue weighted by molar-refractivity contribution is 7.90. The van der Waals surface area contributed by atoms with Gasteiger partial charge in [0.1, 0.15) is 17.3 Å². The monoisotopic (exact) mass is 340 g/mol. The van der Waals surface area contributed by atoms with E-state index in [1.807, 2.05) is 0 Å². The Kier molecular flexibility index (Phi) is 4.50. The lowest BCUT2D eigenvalue weighted by atomic mass is 10.2. The fraction of sp³-hybridized carbons (Fsp3) is 0.143. The van der Waals surface area contributed by atoms with Crippen LogP contribution in [0.1, 0.15) is 0 Å². The van der Waals surface area contributed by atoms with E-state index in [2.05, 4.69) is 5.32 Å². The summed E-state index contributed by atoms with van der Waals surface area (Å²) in [6.07, 6.45) is 0.955. The second-order valence-corrected chi connectivity index (χ2v) is 6.73. The molecule has 0 saturated carbocycles. The summed E-state index contributed by atoms with van der Waals surface area (Å²) in [6, 6.07) is 7.20. The fourth-order valence-corrected chi connectivity index (χ4v) is 2.55. The van der Waals surface area contributed by atoms with Crippen LogP contribution in [0.4, 0.5) is 21.5 Å². The van der Waals surface area contributed by atoms with Crippen molar-refractivity contribution in [1.29, 1.82) is 0 Å². The Hall–Kier alpha value is -2.68. The zero-order valence-electron chi connectivity index (χ0n) is 12.2. The van der Waals surface area contributed by atoms with Crippen LogP contribution >= 0.6 is 0 Å². The van der Waals surface area contributed by atoms with Crippen molar-refractivity contribution in [3.8, 4) is 5.75 Å². The Morgan fingerprint density at radius 3 is 2.48 bits per heavy atom. The maximum Gasteiger partial charge on any atom is 0.293 e. The molecule has 0 bridgehead atoms. The summed E-state index contributed by atoms with van der Waals surface area (Å²) in [5.41, 5.74) is -0.164. The molecule has 0 spiro atoms. The Labute approximate surface area is 131 Å². The van der Waals surface area contributed by atoms with E-state index in [1.54, 1.807) is 0 Å². The number of hydrogen-bond donors (Lipinski definition) is 1. The smallest absolute Gasteiger partial charge is 0.293 e. The molecule has 122 valence electrons. The number of nitrogens with one attached hydrogen (secondary N) is 1. The lowest BCUT2D eigenvalue weighted by Crippen LogP contribution is -2.02. The molecule has 0 amide bonds. The van der Waals surface area contributed by atoms with Gasteiger partial charge in [0.2, 0.25) is 0 Å². The van der Waals surface area contributed by atoms with Crippen molar-refractivity contribution in [3.63, 3.8) is 0 Å². The van der Waals surface area contributed by atoms with Gasteiger partial charge in [0.05, 0.1) is 16.9 Å². The topological polar surface area (TPSA) is 98.5 Å². The van der Waals surface area contributed by atoms with Gasteiger partial charge in [0.25, 0.3) is 5.69 Å². The van der Waals surface area contributed by atoms with Gasteiger partial charge in [-0.05, 0) is 18.2 Å². The van der Waals surface area contributed by atoms with Gasteiger partial charge in [-0.25, -0.2) is 12.8 Å². The number of ether oxygens (including phenoxy) is 1. The number of methoxy groups -OCH3 is 1. The predicted octanol–water partition coefficient (Wildman–Crippen LogP) is 2.89. The van der Waals surface area contributed by atoms with Crippen LogP contribution in [0, 0.1) is 15.9 Å². The number of anilines is 2. The van der Waals surface area contributed by atoms with Gasteiger partial charge in [-0.15, -0.1) is 0 Å². The second kappa shape index (κ2) is 6.21. The van der Waals surface area contributed by atoms with E-state index in [1.165, 1.54) is 25.3 Å². The van der Waals surface area contributed by atoms with E-state index in [4.69, 9.17) is 4.74 Å². The molecule has 0 aliphatic rings. The Bertz CT molecular complexity index is 867. The third-order valence-electron chi connectivity index (χ3n) is 2.98. The summed E-state index contributed by atoms with van der Waals surface area (Å²) < 4.78 is 41.4. The average Bonchev–Trinajstić information content (AvgIpc) is 2.45. The molecule has 0 unspecified atom stereocenters. The molecule has 2 aromatic carbocycles. The first-order chi connectivity index (χ1) is 10.7. The average molecular weight is 340 g/mol. The lowest BCUT2D eigenvalue weighted by molar-refractivity contribution is -0.384. The predicted molar refractivity (Wildman–Crippen MR) is 82.4 cm³/mol. The van der Waals surface area contributed by atoms with Crippen LogP contribution in [0.25, 0.3) is 0 Å². The summed E-state index contributed by atoms with van der Waals surface area (Å²) >= 11 is 0. The van der Waals surface area contributed by atoms with Crippen LogP contribution < -0.4 is 10.1 Å². The van der Waals surface area contributed by atoms with E-state index in [0.29, 0.717) is 0 Å². The highest BCUT2D eigenvalue weighted by Gasteiger charge is 2.19. The van der Waals surface area contributed by atoms with Crippen LogP contribution in [0.5, 0.6) is 5.75 Å². The highest BCUT2D eigenvalue weighted by Crippen LogP contribution is 2.31. The van der Waals surface area contributed by atoms with Crippen LogP contribution in [0.2, 0.25) is 0 Å².